The first-order valence-corrected chi connectivity index (χ1v) is 6.65. The van der Waals surface area contributed by atoms with Crippen molar-refractivity contribution in [1.29, 1.82) is 5.26 Å². The van der Waals surface area contributed by atoms with Gasteiger partial charge in [0.2, 0.25) is 5.91 Å². The van der Waals surface area contributed by atoms with Crippen molar-refractivity contribution in [3.8, 4) is 6.07 Å². The third-order valence-corrected chi connectivity index (χ3v) is 4.63. The van der Waals surface area contributed by atoms with Crippen LogP contribution in [-0.2, 0) is 4.79 Å². The van der Waals surface area contributed by atoms with Crippen LogP contribution in [0.1, 0.15) is 38.5 Å². The summed E-state index contributed by atoms with van der Waals surface area (Å²) in [5.74, 6) is 1.17. The van der Waals surface area contributed by atoms with Crippen LogP contribution in [0.5, 0.6) is 0 Å². The SMILES string of the molecule is N#CC1(NC(=O)C2CCCS2)CCCC1. The van der Waals surface area contributed by atoms with Crippen LogP contribution in [0.25, 0.3) is 0 Å². The molecule has 1 unspecified atom stereocenters. The summed E-state index contributed by atoms with van der Waals surface area (Å²) in [5.41, 5.74) is -0.541. The highest BCUT2D eigenvalue weighted by atomic mass is 32.2. The highest BCUT2D eigenvalue weighted by molar-refractivity contribution is 8.00. The van der Waals surface area contributed by atoms with E-state index in [1.165, 1.54) is 0 Å². The van der Waals surface area contributed by atoms with Gasteiger partial charge in [-0.15, -0.1) is 11.8 Å². The molecule has 1 N–H and O–H groups in total. The van der Waals surface area contributed by atoms with E-state index < -0.39 is 5.54 Å². The van der Waals surface area contributed by atoms with E-state index in [2.05, 4.69) is 11.4 Å². The molecule has 1 saturated heterocycles. The van der Waals surface area contributed by atoms with E-state index >= 15 is 0 Å². The molecule has 1 heterocycles. The van der Waals surface area contributed by atoms with Gasteiger partial charge in [0.05, 0.1) is 11.3 Å². The monoisotopic (exact) mass is 224 g/mol. The molecule has 0 aromatic rings. The molecule has 2 aliphatic rings. The molecule has 1 aliphatic heterocycles. The number of thioether (sulfide) groups is 1. The molecule has 2 rings (SSSR count). The molecule has 0 aromatic carbocycles. The molecule has 1 amide bonds. The minimum absolute atomic E-state index is 0.0842. The molecular formula is C11H16N2OS. The molecule has 1 atom stereocenters. The van der Waals surface area contributed by atoms with Crippen LogP contribution in [0.15, 0.2) is 0 Å². The normalized spacial score (nSPS) is 28.6. The van der Waals surface area contributed by atoms with Gasteiger partial charge in [-0.3, -0.25) is 4.79 Å². The number of hydrogen-bond acceptors (Lipinski definition) is 3. The zero-order valence-electron chi connectivity index (χ0n) is 8.79. The Morgan fingerprint density at radius 2 is 2.13 bits per heavy atom. The Balaban J connectivity index is 1.95. The van der Waals surface area contributed by atoms with Crippen LogP contribution in [0.2, 0.25) is 0 Å². The first-order valence-electron chi connectivity index (χ1n) is 5.61. The van der Waals surface area contributed by atoms with E-state index in [9.17, 15) is 4.79 Å². The first kappa shape index (κ1) is 10.8. The van der Waals surface area contributed by atoms with Gasteiger partial charge in [0, 0.05) is 0 Å². The van der Waals surface area contributed by atoms with Crippen LogP contribution in [0.4, 0.5) is 0 Å². The molecule has 4 heteroatoms. The molecule has 0 spiro atoms. The Kier molecular flexibility index (Phi) is 3.20. The van der Waals surface area contributed by atoms with Crippen LogP contribution in [0, 0.1) is 11.3 Å². The standard InChI is InChI=1S/C11H16N2OS/c12-8-11(5-1-2-6-11)13-10(14)9-4-3-7-15-9/h9H,1-7H2,(H,13,14). The smallest absolute Gasteiger partial charge is 0.234 e. The van der Waals surface area contributed by atoms with Crippen molar-refractivity contribution in [2.45, 2.75) is 49.3 Å². The predicted molar refractivity (Wildman–Crippen MR) is 60.4 cm³/mol. The van der Waals surface area contributed by atoms with E-state index in [1.807, 2.05) is 0 Å². The lowest BCUT2D eigenvalue weighted by molar-refractivity contribution is -0.121. The van der Waals surface area contributed by atoms with Gasteiger partial charge in [-0.2, -0.15) is 5.26 Å². The molecule has 2 fully saturated rings. The minimum Gasteiger partial charge on any atom is -0.337 e. The summed E-state index contributed by atoms with van der Waals surface area (Å²) in [6.45, 7) is 0. The van der Waals surface area contributed by atoms with Gasteiger partial charge >= 0.3 is 0 Å². The zero-order chi connectivity index (χ0) is 10.7. The lowest BCUT2D eigenvalue weighted by atomic mass is 9.99. The Labute approximate surface area is 94.6 Å². The van der Waals surface area contributed by atoms with Gasteiger partial charge in [-0.05, 0) is 44.3 Å². The summed E-state index contributed by atoms with van der Waals surface area (Å²) in [6.07, 6.45) is 5.87. The molecule has 0 aromatic heterocycles. The molecule has 0 radical (unpaired) electrons. The molecule has 1 aliphatic carbocycles. The third kappa shape index (κ3) is 2.28. The van der Waals surface area contributed by atoms with Gasteiger partial charge < -0.3 is 5.32 Å². The van der Waals surface area contributed by atoms with E-state index in [1.54, 1.807) is 11.8 Å². The van der Waals surface area contributed by atoms with Gasteiger partial charge in [0.15, 0.2) is 0 Å². The van der Waals surface area contributed by atoms with Gasteiger partial charge in [0.25, 0.3) is 0 Å². The zero-order valence-corrected chi connectivity index (χ0v) is 9.61. The van der Waals surface area contributed by atoms with E-state index in [0.717, 1.165) is 44.3 Å². The van der Waals surface area contributed by atoms with Gasteiger partial charge in [-0.25, -0.2) is 0 Å². The van der Waals surface area contributed by atoms with Crippen LogP contribution < -0.4 is 5.32 Å². The van der Waals surface area contributed by atoms with E-state index in [-0.39, 0.29) is 11.2 Å². The molecule has 0 bridgehead atoms. The first-order chi connectivity index (χ1) is 7.26. The molecule has 3 nitrogen and oxygen atoms in total. The maximum atomic E-state index is 11.9. The average molecular weight is 224 g/mol. The van der Waals surface area contributed by atoms with Crippen molar-refractivity contribution < 1.29 is 4.79 Å². The number of nitrogens with zero attached hydrogens (tertiary/aromatic N) is 1. The summed E-state index contributed by atoms with van der Waals surface area (Å²) < 4.78 is 0. The van der Waals surface area contributed by atoms with Crippen molar-refractivity contribution in [3.63, 3.8) is 0 Å². The lowest BCUT2D eigenvalue weighted by Crippen LogP contribution is -2.48. The quantitative estimate of drug-likeness (QED) is 0.778. The summed E-state index contributed by atoms with van der Waals surface area (Å²) in [5, 5.41) is 12.2. The van der Waals surface area contributed by atoms with E-state index in [4.69, 9.17) is 5.26 Å². The minimum atomic E-state index is -0.541. The lowest BCUT2D eigenvalue weighted by Gasteiger charge is -2.23. The van der Waals surface area contributed by atoms with Crippen molar-refractivity contribution >= 4 is 17.7 Å². The fourth-order valence-corrected chi connectivity index (χ4v) is 3.51. The second-order valence-corrected chi connectivity index (χ2v) is 5.70. The Hall–Kier alpha value is -0.690. The summed E-state index contributed by atoms with van der Waals surface area (Å²) >= 11 is 1.72. The number of amides is 1. The van der Waals surface area contributed by atoms with Crippen molar-refractivity contribution in [3.05, 3.63) is 0 Å². The largest absolute Gasteiger partial charge is 0.337 e. The number of nitriles is 1. The Morgan fingerprint density at radius 1 is 1.40 bits per heavy atom. The van der Waals surface area contributed by atoms with Crippen molar-refractivity contribution in [2.24, 2.45) is 0 Å². The summed E-state index contributed by atoms with van der Waals surface area (Å²) in [6, 6.07) is 2.29. The second kappa shape index (κ2) is 4.44. The van der Waals surface area contributed by atoms with E-state index in [0.29, 0.717) is 0 Å². The van der Waals surface area contributed by atoms with Crippen LogP contribution >= 0.6 is 11.8 Å². The van der Waals surface area contributed by atoms with Crippen LogP contribution in [0.3, 0.4) is 0 Å². The molecular weight excluding hydrogens is 208 g/mol. The molecule has 82 valence electrons. The highest BCUT2D eigenvalue weighted by Gasteiger charge is 2.37. The highest BCUT2D eigenvalue weighted by Crippen LogP contribution is 2.31. The van der Waals surface area contributed by atoms with Crippen molar-refractivity contribution in [1.82, 2.24) is 5.32 Å². The average Bonchev–Trinajstić information content (AvgIpc) is 2.88. The van der Waals surface area contributed by atoms with Crippen molar-refractivity contribution in [2.75, 3.05) is 5.75 Å². The number of carbonyl (C=O) groups is 1. The van der Waals surface area contributed by atoms with Gasteiger partial charge in [0.1, 0.15) is 5.54 Å². The number of hydrogen-bond donors (Lipinski definition) is 1. The third-order valence-electron chi connectivity index (χ3n) is 3.26. The Morgan fingerprint density at radius 3 is 2.67 bits per heavy atom. The fraction of sp³-hybridized carbons (Fsp3) is 0.818. The summed E-state index contributed by atoms with van der Waals surface area (Å²) in [4.78, 5) is 11.9. The topological polar surface area (TPSA) is 52.9 Å². The second-order valence-electron chi connectivity index (χ2n) is 4.39. The number of rotatable bonds is 2. The maximum absolute atomic E-state index is 11.9. The number of carbonyl (C=O) groups excluding carboxylic acids is 1. The number of nitrogens with one attached hydrogen (secondary N) is 1. The summed E-state index contributed by atoms with van der Waals surface area (Å²) in [7, 11) is 0. The van der Waals surface area contributed by atoms with Gasteiger partial charge in [-0.1, -0.05) is 0 Å². The Bertz CT molecular complexity index is 285. The predicted octanol–water partition coefficient (Wildman–Crippen LogP) is 1.83. The molecule has 1 saturated carbocycles. The van der Waals surface area contributed by atoms with Crippen LogP contribution in [-0.4, -0.2) is 22.4 Å². The maximum Gasteiger partial charge on any atom is 0.234 e. The molecule has 15 heavy (non-hydrogen) atoms. The fourth-order valence-electron chi connectivity index (χ4n) is 2.34.